The first-order valence-electron chi connectivity index (χ1n) is 7.42. The summed E-state index contributed by atoms with van der Waals surface area (Å²) in [5.41, 5.74) is 0.960. The van der Waals surface area contributed by atoms with Crippen molar-refractivity contribution >= 4 is 30.0 Å². The summed E-state index contributed by atoms with van der Waals surface area (Å²) in [6, 6.07) is 4.24. The standard InChI is InChI=1S/C16H21FN2O3.ClH/c1-10-3-4-14(13(17)9-10)18-15(20)11(2)19-7-5-12(6-8-19)16(21)22;/h3-4,9,11-12H,5-8H2,1-2H3,(H,18,20)(H,21,22);1H. The van der Waals surface area contributed by atoms with Crippen LogP contribution < -0.4 is 5.32 Å². The lowest BCUT2D eigenvalue weighted by atomic mass is 9.96. The van der Waals surface area contributed by atoms with Crippen LogP contribution in [-0.4, -0.2) is 41.0 Å². The average Bonchev–Trinajstić information content (AvgIpc) is 2.49. The summed E-state index contributed by atoms with van der Waals surface area (Å²) in [5.74, 6) is -1.85. The topological polar surface area (TPSA) is 69.6 Å². The molecule has 1 unspecified atom stereocenters. The number of hydrogen-bond acceptors (Lipinski definition) is 3. The molecule has 128 valence electrons. The molecule has 0 saturated carbocycles. The molecule has 0 aliphatic carbocycles. The highest BCUT2D eigenvalue weighted by Crippen LogP contribution is 2.20. The number of halogens is 2. The minimum absolute atomic E-state index is 0. The number of benzene rings is 1. The molecule has 2 N–H and O–H groups in total. The van der Waals surface area contributed by atoms with E-state index in [2.05, 4.69) is 5.32 Å². The van der Waals surface area contributed by atoms with E-state index in [-0.39, 0.29) is 29.9 Å². The first-order chi connectivity index (χ1) is 10.4. The number of anilines is 1. The van der Waals surface area contributed by atoms with Crippen molar-refractivity contribution in [2.24, 2.45) is 5.92 Å². The maximum absolute atomic E-state index is 13.8. The van der Waals surface area contributed by atoms with E-state index in [4.69, 9.17) is 5.11 Å². The summed E-state index contributed by atoms with van der Waals surface area (Å²) in [6.45, 7) is 4.65. The zero-order chi connectivity index (χ0) is 16.3. The Labute approximate surface area is 141 Å². The number of carbonyl (C=O) groups excluding carboxylic acids is 1. The van der Waals surface area contributed by atoms with Gasteiger partial charge in [0.2, 0.25) is 5.91 Å². The molecule has 1 aliphatic heterocycles. The highest BCUT2D eigenvalue weighted by molar-refractivity contribution is 5.94. The highest BCUT2D eigenvalue weighted by Gasteiger charge is 2.29. The predicted octanol–water partition coefficient (Wildman–Crippen LogP) is 2.68. The molecule has 1 fully saturated rings. The van der Waals surface area contributed by atoms with Gasteiger partial charge in [-0.05, 0) is 57.5 Å². The number of amides is 1. The summed E-state index contributed by atoms with van der Waals surface area (Å²) >= 11 is 0. The number of carboxylic acids is 1. The van der Waals surface area contributed by atoms with Crippen LogP contribution in [0.4, 0.5) is 10.1 Å². The van der Waals surface area contributed by atoms with E-state index in [1.165, 1.54) is 6.07 Å². The quantitative estimate of drug-likeness (QED) is 0.881. The fraction of sp³-hybridized carbons (Fsp3) is 0.500. The van der Waals surface area contributed by atoms with E-state index in [0.717, 1.165) is 5.56 Å². The molecule has 1 aromatic carbocycles. The molecule has 1 aromatic rings. The van der Waals surface area contributed by atoms with Crippen molar-refractivity contribution in [2.75, 3.05) is 18.4 Å². The van der Waals surface area contributed by atoms with Crippen molar-refractivity contribution in [3.63, 3.8) is 0 Å². The van der Waals surface area contributed by atoms with Crippen LogP contribution >= 0.6 is 12.4 Å². The molecule has 1 amide bonds. The maximum atomic E-state index is 13.8. The normalized spacial score (nSPS) is 17.2. The van der Waals surface area contributed by atoms with Crippen molar-refractivity contribution < 1.29 is 19.1 Å². The number of likely N-dealkylation sites (tertiary alicyclic amines) is 1. The van der Waals surface area contributed by atoms with Gasteiger partial charge in [-0.3, -0.25) is 14.5 Å². The van der Waals surface area contributed by atoms with Crippen LogP contribution in [0.3, 0.4) is 0 Å². The van der Waals surface area contributed by atoms with E-state index in [0.29, 0.717) is 25.9 Å². The molecular formula is C16H22ClFN2O3. The van der Waals surface area contributed by atoms with Crippen LogP contribution in [0, 0.1) is 18.7 Å². The Hall–Kier alpha value is -1.66. The summed E-state index contributed by atoms with van der Waals surface area (Å²) < 4.78 is 13.8. The third-order valence-electron chi connectivity index (χ3n) is 4.19. The Balaban J connectivity index is 0.00000264. The second kappa shape index (κ2) is 8.26. The second-order valence-corrected chi connectivity index (χ2v) is 5.80. The van der Waals surface area contributed by atoms with Gasteiger partial charge in [-0.25, -0.2) is 4.39 Å². The van der Waals surface area contributed by atoms with Crippen LogP contribution in [-0.2, 0) is 9.59 Å². The molecule has 7 heteroatoms. The molecule has 1 aliphatic rings. The lowest BCUT2D eigenvalue weighted by Crippen LogP contribution is -2.47. The summed E-state index contributed by atoms with van der Waals surface area (Å²) in [7, 11) is 0. The molecule has 0 spiro atoms. The van der Waals surface area contributed by atoms with E-state index in [1.54, 1.807) is 26.0 Å². The lowest BCUT2D eigenvalue weighted by Gasteiger charge is -2.33. The number of hydrogen-bond donors (Lipinski definition) is 2. The van der Waals surface area contributed by atoms with Gasteiger partial charge in [-0.2, -0.15) is 0 Å². The SMILES string of the molecule is Cc1ccc(NC(=O)C(C)N2CCC(C(=O)O)CC2)c(F)c1.Cl. The van der Waals surface area contributed by atoms with Crippen molar-refractivity contribution in [2.45, 2.75) is 32.7 Å². The average molecular weight is 345 g/mol. The Morgan fingerprint density at radius 3 is 2.48 bits per heavy atom. The van der Waals surface area contributed by atoms with E-state index >= 15 is 0 Å². The molecule has 1 atom stereocenters. The van der Waals surface area contributed by atoms with Crippen molar-refractivity contribution in [3.8, 4) is 0 Å². The van der Waals surface area contributed by atoms with E-state index in [9.17, 15) is 14.0 Å². The number of piperidine rings is 1. The van der Waals surface area contributed by atoms with Crippen molar-refractivity contribution in [3.05, 3.63) is 29.6 Å². The maximum Gasteiger partial charge on any atom is 0.306 e. The van der Waals surface area contributed by atoms with Crippen LogP contribution in [0.2, 0.25) is 0 Å². The van der Waals surface area contributed by atoms with Crippen molar-refractivity contribution in [1.82, 2.24) is 4.90 Å². The van der Waals surface area contributed by atoms with Crippen LogP contribution in [0.5, 0.6) is 0 Å². The number of rotatable bonds is 4. The Kier molecular flexibility index (Phi) is 6.97. The smallest absolute Gasteiger partial charge is 0.306 e. The Morgan fingerprint density at radius 2 is 1.96 bits per heavy atom. The van der Waals surface area contributed by atoms with Crippen LogP contribution in [0.15, 0.2) is 18.2 Å². The van der Waals surface area contributed by atoms with Gasteiger partial charge in [0.05, 0.1) is 17.6 Å². The number of aryl methyl sites for hydroxylation is 1. The van der Waals surface area contributed by atoms with Gasteiger partial charge in [-0.1, -0.05) is 6.07 Å². The van der Waals surface area contributed by atoms with E-state index in [1.807, 2.05) is 4.90 Å². The number of aliphatic carboxylic acids is 1. The minimum Gasteiger partial charge on any atom is -0.481 e. The number of carbonyl (C=O) groups is 2. The molecule has 5 nitrogen and oxygen atoms in total. The molecule has 2 rings (SSSR count). The third kappa shape index (κ3) is 4.91. The zero-order valence-electron chi connectivity index (χ0n) is 13.2. The minimum atomic E-state index is -0.779. The monoisotopic (exact) mass is 344 g/mol. The molecular weight excluding hydrogens is 323 g/mol. The van der Waals surface area contributed by atoms with Gasteiger partial charge < -0.3 is 10.4 Å². The van der Waals surface area contributed by atoms with E-state index < -0.39 is 17.8 Å². The van der Waals surface area contributed by atoms with Crippen LogP contribution in [0.25, 0.3) is 0 Å². The zero-order valence-corrected chi connectivity index (χ0v) is 14.0. The van der Waals surface area contributed by atoms with Gasteiger partial charge >= 0.3 is 5.97 Å². The molecule has 23 heavy (non-hydrogen) atoms. The van der Waals surface area contributed by atoms with Crippen LogP contribution in [0.1, 0.15) is 25.3 Å². The number of nitrogens with one attached hydrogen (secondary N) is 1. The highest BCUT2D eigenvalue weighted by atomic mass is 35.5. The largest absolute Gasteiger partial charge is 0.481 e. The van der Waals surface area contributed by atoms with Gasteiger partial charge in [0.15, 0.2) is 0 Å². The third-order valence-corrected chi connectivity index (χ3v) is 4.19. The van der Waals surface area contributed by atoms with Gasteiger partial charge in [0, 0.05) is 0 Å². The Morgan fingerprint density at radius 1 is 1.35 bits per heavy atom. The first-order valence-corrected chi connectivity index (χ1v) is 7.42. The first kappa shape index (κ1) is 19.4. The molecule has 0 aromatic heterocycles. The Bertz CT molecular complexity index is 574. The van der Waals surface area contributed by atoms with Gasteiger partial charge in [0.1, 0.15) is 5.82 Å². The van der Waals surface area contributed by atoms with Crippen molar-refractivity contribution in [1.29, 1.82) is 0 Å². The fourth-order valence-corrected chi connectivity index (χ4v) is 2.66. The summed E-state index contributed by atoms with van der Waals surface area (Å²) in [5, 5.41) is 11.6. The fourth-order valence-electron chi connectivity index (χ4n) is 2.66. The predicted molar refractivity (Wildman–Crippen MR) is 88.4 cm³/mol. The summed E-state index contributed by atoms with van der Waals surface area (Å²) in [6.07, 6.45) is 1.07. The molecule has 0 radical (unpaired) electrons. The number of nitrogens with zero attached hydrogens (tertiary/aromatic N) is 1. The molecule has 1 saturated heterocycles. The molecule has 0 bridgehead atoms. The summed E-state index contributed by atoms with van der Waals surface area (Å²) in [4.78, 5) is 25.1. The van der Waals surface area contributed by atoms with Gasteiger partial charge in [0.25, 0.3) is 0 Å². The second-order valence-electron chi connectivity index (χ2n) is 5.80. The van der Waals surface area contributed by atoms with Gasteiger partial charge in [-0.15, -0.1) is 12.4 Å². The molecule has 1 heterocycles. The number of carboxylic acid groups (broad SMARTS) is 1. The lowest BCUT2D eigenvalue weighted by molar-refractivity contribution is -0.143.